The number of carbonyl (C=O) groups is 3. The predicted octanol–water partition coefficient (Wildman–Crippen LogP) is 3.39. The minimum atomic E-state index is -4.08. The van der Waals surface area contributed by atoms with Crippen molar-refractivity contribution in [2.45, 2.75) is 24.8 Å². The molecule has 0 saturated heterocycles. The van der Waals surface area contributed by atoms with Crippen molar-refractivity contribution in [1.29, 1.82) is 0 Å². The number of halogens is 1. The minimum absolute atomic E-state index is 0. The van der Waals surface area contributed by atoms with Crippen molar-refractivity contribution in [3.8, 4) is 0 Å². The standard InChI is InChI=1S/C27H30N4O5S2.ClH/c1-19-8-14-24(15-9-19)38(35,36)31(23-12-10-22(28)11-13-23)20(2)26(33)30-17-16-29-25(32)18-37-27(34)21-6-4-3-5-7-21;/h3-15,20H,16-18,28H2,1-2H3,(H,29,32)(H,30,33);1H/t20-;/m0./s1. The second-order valence-corrected chi connectivity index (χ2v) is 11.2. The molecule has 2 amide bonds. The van der Waals surface area contributed by atoms with Gasteiger partial charge in [0, 0.05) is 24.3 Å². The lowest BCUT2D eigenvalue weighted by Crippen LogP contribution is -2.49. The molecule has 0 aliphatic heterocycles. The average molecular weight is 591 g/mol. The van der Waals surface area contributed by atoms with Crippen LogP contribution in [0.15, 0.2) is 83.8 Å². The van der Waals surface area contributed by atoms with Crippen LogP contribution >= 0.6 is 24.2 Å². The molecular formula is C27H31ClN4O5S2. The molecule has 0 bridgehead atoms. The minimum Gasteiger partial charge on any atom is -0.399 e. The zero-order valence-corrected chi connectivity index (χ0v) is 23.9. The highest BCUT2D eigenvalue weighted by molar-refractivity contribution is 8.14. The van der Waals surface area contributed by atoms with Gasteiger partial charge in [0.15, 0.2) is 0 Å². The number of carbonyl (C=O) groups excluding carboxylic acids is 3. The van der Waals surface area contributed by atoms with E-state index in [0.29, 0.717) is 11.3 Å². The number of anilines is 2. The number of nitrogens with one attached hydrogen (secondary N) is 2. The van der Waals surface area contributed by atoms with E-state index in [9.17, 15) is 22.8 Å². The molecule has 0 radical (unpaired) electrons. The van der Waals surface area contributed by atoms with Gasteiger partial charge in [0.2, 0.25) is 16.9 Å². The summed E-state index contributed by atoms with van der Waals surface area (Å²) in [5.41, 5.74) is 7.93. The van der Waals surface area contributed by atoms with E-state index in [4.69, 9.17) is 5.73 Å². The van der Waals surface area contributed by atoms with Crippen LogP contribution in [-0.4, -0.2) is 50.2 Å². The van der Waals surface area contributed by atoms with E-state index in [1.807, 2.05) is 6.92 Å². The van der Waals surface area contributed by atoms with Crippen LogP contribution in [0.3, 0.4) is 0 Å². The molecule has 0 fully saturated rings. The van der Waals surface area contributed by atoms with Gasteiger partial charge < -0.3 is 16.4 Å². The van der Waals surface area contributed by atoms with Crippen molar-refractivity contribution in [3.63, 3.8) is 0 Å². The maximum atomic E-state index is 13.6. The zero-order chi connectivity index (χ0) is 27.7. The Morgan fingerprint density at radius 3 is 2.10 bits per heavy atom. The summed E-state index contributed by atoms with van der Waals surface area (Å²) in [6.45, 7) is 3.53. The highest BCUT2D eigenvalue weighted by atomic mass is 35.5. The lowest BCUT2D eigenvalue weighted by Gasteiger charge is -2.30. The first-order valence-electron chi connectivity index (χ1n) is 11.8. The maximum Gasteiger partial charge on any atom is 0.265 e. The Labute approximate surface area is 239 Å². The Morgan fingerprint density at radius 2 is 1.49 bits per heavy atom. The van der Waals surface area contributed by atoms with Gasteiger partial charge in [-0.3, -0.25) is 18.7 Å². The Hall–Kier alpha value is -3.54. The van der Waals surface area contributed by atoms with Crippen LogP contribution in [0.1, 0.15) is 22.8 Å². The quantitative estimate of drug-likeness (QED) is 0.230. The van der Waals surface area contributed by atoms with Crippen molar-refractivity contribution in [1.82, 2.24) is 10.6 Å². The molecule has 0 heterocycles. The Kier molecular flexibility index (Phi) is 11.8. The van der Waals surface area contributed by atoms with Crippen LogP contribution in [0.4, 0.5) is 11.4 Å². The third-order valence-electron chi connectivity index (χ3n) is 5.55. The van der Waals surface area contributed by atoms with Gasteiger partial charge in [-0.1, -0.05) is 59.8 Å². The molecule has 3 aromatic carbocycles. The molecule has 0 unspecified atom stereocenters. The van der Waals surface area contributed by atoms with Crippen molar-refractivity contribution in [2.75, 3.05) is 28.9 Å². The number of sulfonamides is 1. The van der Waals surface area contributed by atoms with Gasteiger partial charge in [-0.15, -0.1) is 12.4 Å². The highest BCUT2D eigenvalue weighted by Gasteiger charge is 2.33. The van der Waals surface area contributed by atoms with E-state index >= 15 is 0 Å². The normalized spacial score (nSPS) is 11.5. The number of nitrogens with two attached hydrogens (primary N) is 1. The molecule has 3 rings (SSSR count). The number of hydrogen-bond acceptors (Lipinski definition) is 7. The number of nitrogen functional groups attached to an aromatic ring is 1. The van der Waals surface area contributed by atoms with Gasteiger partial charge in [0.25, 0.3) is 10.0 Å². The fourth-order valence-electron chi connectivity index (χ4n) is 3.50. The van der Waals surface area contributed by atoms with Crippen molar-refractivity contribution in [2.24, 2.45) is 0 Å². The summed E-state index contributed by atoms with van der Waals surface area (Å²) >= 11 is 0.890. The molecule has 1 atom stereocenters. The molecule has 3 aromatic rings. The molecule has 0 aliphatic rings. The number of benzene rings is 3. The van der Waals surface area contributed by atoms with Crippen molar-refractivity contribution in [3.05, 3.63) is 90.0 Å². The number of thioether (sulfide) groups is 1. The number of hydrogen-bond donors (Lipinski definition) is 3. The first kappa shape index (κ1) is 31.7. The van der Waals surface area contributed by atoms with Gasteiger partial charge in [0.05, 0.1) is 16.3 Å². The van der Waals surface area contributed by atoms with Crippen LogP contribution in [0.2, 0.25) is 0 Å². The summed E-state index contributed by atoms with van der Waals surface area (Å²) in [6.07, 6.45) is 0. The summed E-state index contributed by atoms with van der Waals surface area (Å²) < 4.78 is 28.2. The Morgan fingerprint density at radius 1 is 0.897 bits per heavy atom. The van der Waals surface area contributed by atoms with E-state index in [2.05, 4.69) is 10.6 Å². The van der Waals surface area contributed by atoms with Gasteiger partial charge in [-0.05, 0) is 50.2 Å². The molecule has 0 spiro atoms. The first-order valence-corrected chi connectivity index (χ1v) is 14.3. The SMILES string of the molecule is Cc1ccc(S(=O)(=O)N(c2ccc(N)cc2)[C@@H](C)C(=O)NCCNC(=O)CSC(=O)c2ccccc2)cc1.Cl. The van der Waals surface area contributed by atoms with Crippen LogP contribution in [-0.2, 0) is 19.6 Å². The molecule has 9 nitrogen and oxygen atoms in total. The molecule has 208 valence electrons. The van der Waals surface area contributed by atoms with Gasteiger partial charge >= 0.3 is 0 Å². The van der Waals surface area contributed by atoms with Crippen LogP contribution in [0.25, 0.3) is 0 Å². The summed E-state index contributed by atoms with van der Waals surface area (Å²) in [7, 11) is -4.08. The molecule has 4 N–H and O–H groups in total. The summed E-state index contributed by atoms with van der Waals surface area (Å²) in [5, 5.41) is 5.10. The molecule has 39 heavy (non-hydrogen) atoms. The van der Waals surface area contributed by atoms with Crippen LogP contribution in [0, 0.1) is 6.92 Å². The highest BCUT2D eigenvalue weighted by Crippen LogP contribution is 2.27. The molecule has 12 heteroatoms. The average Bonchev–Trinajstić information content (AvgIpc) is 2.91. The second-order valence-electron chi connectivity index (χ2n) is 8.46. The van der Waals surface area contributed by atoms with Gasteiger partial charge in [-0.2, -0.15) is 0 Å². The zero-order valence-electron chi connectivity index (χ0n) is 21.5. The number of aryl methyl sites for hydroxylation is 1. The summed E-state index contributed by atoms with van der Waals surface area (Å²) in [6, 6.07) is 20.1. The fourth-order valence-corrected chi connectivity index (χ4v) is 5.78. The summed E-state index contributed by atoms with van der Waals surface area (Å²) in [5.74, 6) is -0.954. The van der Waals surface area contributed by atoms with Gasteiger partial charge in [0.1, 0.15) is 6.04 Å². The molecule has 0 aliphatic carbocycles. The van der Waals surface area contributed by atoms with E-state index in [0.717, 1.165) is 21.6 Å². The van der Waals surface area contributed by atoms with Crippen molar-refractivity contribution >= 4 is 62.5 Å². The smallest absolute Gasteiger partial charge is 0.265 e. The lowest BCUT2D eigenvalue weighted by atomic mass is 10.2. The van der Waals surface area contributed by atoms with Crippen LogP contribution in [0.5, 0.6) is 0 Å². The lowest BCUT2D eigenvalue weighted by molar-refractivity contribution is -0.122. The number of rotatable bonds is 11. The van der Waals surface area contributed by atoms with Crippen LogP contribution < -0.4 is 20.7 Å². The second kappa shape index (κ2) is 14.6. The van der Waals surface area contributed by atoms with E-state index < -0.39 is 22.0 Å². The van der Waals surface area contributed by atoms with E-state index in [1.54, 1.807) is 66.7 Å². The molecular weight excluding hydrogens is 560 g/mol. The number of nitrogens with zero attached hydrogens (tertiary/aromatic N) is 1. The topological polar surface area (TPSA) is 139 Å². The first-order chi connectivity index (χ1) is 18.1. The number of amides is 2. The molecule has 0 aromatic heterocycles. The summed E-state index contributed by atoms with van der Waals surface area (Å²) in [4.78, 5) is 37.2. The Balaban J connectivity index is 0.00000533. The monoisotopic (exact) mass is 590 g/mol. The van der Waals surface area contributed by atoms with E-state index in [1.165, 1.54) is 19.1 Å². The predicted molar refractivity (Wildman–Crippen MR) is 158 cm³/mol. The largest absolute Gasteiger partial charge is 0.399 e. The van der Waals surface area contributed by atoms with Crippen molar-refractivity contribution < 1.29 is 22.8 Å². The fraction of sp³-hybridized carbons (Fsp3) is 0.222. The third-order valence-corrected chi connectivity index (χ3v) is 8.36. The van der Waals surface area contributed by atoms with Gasteiger partial charge in [-0.25, -0.2) is 8.42 Å². The maximum absolute atomic E-state index is 13.6. The molecule has 0 saturated carbocycles. The third kappa shape index (κ3) is 8.74. The Bertz CT molecular complexity index is 1370. The van der Waals surface area contributed by atoms with E-state index in [-0.39, 0.29) is 52.9 Å².